The van der Waals surface area contributed by atoms with Gasteiger partial charge in [-0.15, -0.1) is 6.58 Å². The fourth-order valence-corrected chi connectivity index (χ4v) is 4.20. The van der Waals surface area contributed by atoms with Gasteiger partial charge >= 0.3 is 0 Å². The minimum atomic E-state index is -0.881. The van der Waals surface area contributed by atoms with Crippen LogP contribution in [0.1, 0.15) is 62.4 Å². The molecular formula is C22H27F2NO2. The SMILES string of the molecule is C=CCC1CCC(CCC2COC(c3cc(F)c(C#N)c(F)c3)OC2)CC1. The van der Waals surface area contributed by atoms with Crippen molar-refractivity contribution in [3.8, 4) is 6.07 Å². The summed E-state index contributed by atoms with van der Waals surface area (Å²) in [6, 6.07) is 3.76. The predicted molar refractivity (Wildman–Crippen MR) is 98.7 cm³/mol. The average molecular weight is 375 g/mol. The molecule has 0 N–H and O–H groups in total. The van der Waals surface area contributed by atoms with Crippen LogP contribution >= 0.6 is 0 Å². The molecule has 1 aliphatic heterocycles. The van der Waals surface area contributed by atoms with E-state index < -0.39 is 23.5 Å². The first-order valence-corrected chi connectivity index (χ1v) is 9.83. The highest BCUT2D eigenvalue weighted by Gasteiger charge is 2.27. The zero-order valence-corrected chi connectivity index (χ0v) is 15.6. The molecule has 0 amide bonds. The highest BCUT2D eigenvalue weighted by Crippen LogP contribution is 2.35. The number of hydrogen-bond acceptors (Lipinski definition) is 3. The van der Waals surface area contributed by atoms with Crippen molar-refractivity contribution in [1.29, 1.82) is 5.26 Å². The molecule has 0 spiro atoms. The maximum Gasteiger partial charge on any atom is 0.184 e. The van der Waals surface area contributed by atoms with Gasteiger partial charge in [0.25, 0.3) is 0 Å². The largest absolute Gasteiger partial charge is 0.348 e. The van der Waals surface area contributed by atoms with Gasteiger partial charge in [0.15, 0.2) is 6.29 Å². The van der Waals surface area contributed by atoms with Gasteiger partial charge in [-0.1, -0.05) is 25.3 Å². The molecule has 5 heteroatoms. The second-order valence-electron chi connectivity index (χ2n) is 7.82. The van der Waals surface area contributed by atoms with Crippen molar-refractivity contribution in [1.82, 2.24) is 0 Å². The van der Waals surface area contributed by atoms with E-state index in [-0.39, 0.29) is 5.56 Å². The van der Waals surface area contributed by atoms with E-state index in [0.717, 1.165) is 36.8 Å². The molecule has 3 nitrogen and oxygen atoms in total. The van der Waals surface area contributed by atoms with Gasteiger partial charge < -0.3 is 9.47 Å². The van der Waals surface area contributed by atoms with E-state index in [1.54, 1.807) is 0 Å². The third-order valence-corrected chi connectivity index (χ3v) is 5.86. The molecule has 1 heterocycles. The van der Waals surface area contributed by atoms with Gasteiger partial charge in [-0.05, 0) is 49.7 Å². The Kier molecular flexibility index (Phi) is 6.98. The first-order valence-electron chi connectivity index (χ1n) is 9.83. The molecule has 1 saturated heterocycles. The second kappa shape index (κ2) is 9.43. The molecule has 3 rings (SSSR count). The Hall–Kier alpha value is -1.77. The second-order valence-corrected chi connectivity index (χ2v) is 7.82. The molecule has 1 aliphatic carbocycles. The van der Waals surface area contributed by atoms with Crippen molar-refractivity contribution in [2.24, 2.45) is 17.8 Å². The summed E-state index contributed by atoms with van der Waals surface area (Å²) in [5.41, 5.74) is -0.293. The summed E-state index contributed by atoms with van der Waals surface area (Å²) in [7, 11) is 0. The van der Waals surface area contributed by atoms with Gasteiger partial charge in [-0.25, -0.2) is 8.78 Å². The average Bonchev–Trinajstić information content (AvgIpc) is 2.68. The molecular weight excluding hydrogens is 348 g/mol. The Morgan fingerprint density at radius 1 is 1.00 bits per heavy atom. The third kappa shape index (κ3) is 5.15. The van der Waals surface area contributed by atoms with Crippen molar-refractivity contribution in [3.63, 3.8) is 0 Å². The molecule has 1 saturated carbocycles. The topological polar surface area (TPSA) is 42.2 Å². The standard InChI is InChI=1S/C22H27F2NO2/c1-2-3-15-4-6-16(7-5-15)8-9-17-13-26-22(27-14-17)18-10-20(23)19(12-25)21(24)11-18/h2,10-11,15-17,22H,1,3-9,13-14H2. The van der Waals surface area contributed by atoms with Crippen LogP contribution in [0.25, 0.3) is 0 Å². The summed E-state index contributed by atoms with van der Waals surface area (Å²) in [6.07, 6.45) is 9.81. The van der Waals surface area contributed by atoms with Crippen LogP contribution in [0.3, 0.4) is 0 Å². The van der Waals surface area contributed by atoms with E-state index in [0.29, 0.717) is 19.1 Å². The van der Waals surface area contributed by atoms with Crippen molar-refractivity contribution in [2.45, 2.75) is 51.2 Å². The summed E-state index contributed by atoms with van der Waals surface area (Å²) in [6.45, 7) is 4.89. The Bertz CT molecular complexity index is 661. The lowest BCUT2D eigenvalue weighted by Gasteiger charge is -2.32. The predicted octanol–water partition coefficient (Wildman–Crippen LogP) is 5.66. The molecule has 27 heavy (non-hydrogen) atoms. The van der Waals surface area contributed by atoms with E-state index in [9.17, 15) is 8.78 Å². The van der Waals surface area contributed by atoms with E-state index in [4.69, 9.17) is 14.7 Å². The fraction of sp³-hybridized carbons (Fsp3) is 0.591. The Morgan fingerprint density at radius 3 is 2.11 bits per heavy atom. The highest BCUT2D eigenvalue weighted by atomic mass is 19.1. The van der Waals surface area contributed by atoms with Gasteiger partial charge in [0, 0.05) is 11.5 Å². The molecule has 0 aromatic heterocycles. The minimum absolute atomic E-state index is 0.281. The van der Waals surface area contributed by atoms with Gasteiger partial charge in [-0.3, -0.25) is 0 Å². The number of nitriles is 1. The van der Waals surface area contributed by atoms with Crippen molar-refractivity contribution in [2.75, 3.05) is 13.2 Å². The van der Waals surface area contributed by atoms with Crippen LogP contribution in [-0.2, 0) is 9.47 Å². The summed E-state index contributed by atoms with van der Waals surface area (Å²) in [5.74, 6) is 0.155. The van der Waals surface area contributed by atoms with Crippen molar-refractivity contribution < 1.29 is 18.3 Å². The Morgan fingerprint density at radius 2 is 1.56 bits per heavy atom. The van der Waals surface area contributed by atoms with E-state index >= 15 is 0 Å². The fourth-order valence-electron chi connectivity index (χ4n) is 4.20. The quantitative estimate of drug-likeness (QED) is 0.603. The normalized spacial score (nSPS) is 28.5. The highest BCUT2D eigenvalue weighted by molar-refractivity contribution is 5.35. The molecule has 0 atom stereocenters. The molecule has 146 valence electrons. The zero-order chi connectivity index (χ0) is 19.2. The van der Waals surface area contributed by atoms with Crippen LogP contribution in [0, 0.1) is 40.7 Å². The lowest BCUT2D eigenvalue weighted by molar-refractivity contribution is -0.206. The van der Waals surface area contributed by atoms with E-state index in [1.165, 1.54) is 38.2 Å². The summed E-state index contributed by atoms with van der Waals surface area (Å²) >= 11 is 0. The monoisotopic (exact) mass is 375 g/mol. The number of allylic oxidation sites excluding steroid dienone is 1. The van der Waals surface area contributed by atoms with E-state index in [2.05, 4.69) is 6.58 Å². The molecule has 2 aliphatic rings. The molecule has 0 bridgehead atoms. The first-order chi connectivity index (χ1) is 13.1. The van der Waals surface area contributed by atoms with Crippen molar-refractivity contribution in [3.05, 3.63) is 47.5 Å². The van der Waals surface area contributed by atoms with Gasteiger partial charge in [-0.2, -0.15) is 5.26 Å². The summed E-state index contributed by atoms with van der Waals surface area (Å²) in [5, 5.41) is 8.75. The third-order valence-electron chi connectivity index (χ3n) is 5.86. The number of benzene rings is 1. The Labute approximate surface area is 160 Å². The molecule has 0 radical (unpaired) electrons. The smallest absolute Gasteiger partial charge is 0.184 e. The van der Waals surface area contributed by atoms with Crippen molar-refractivity contribution >= 4 is 0 Å². The summed E-state index contributed by atoms with van der Waals surface area (Å²) in [4.78, 5) is 0. The van der Waals surface area contributed by atoms with Crippen LogP contribution in [0.4, 0.5) is 8.78 Å². The number of rotatable bonds is 6. The van der Waals surface area contributed by atoms with Gasteiger partial charge in [0.2, 0.25) is 0 Å². The molecule has 2 fully saturated rings. The van der Waals surface area contributed by atoms with Crippen LogP contribution in [0.2, 0.25) is 0 Å². The lowest BCUT2D eigenvalue weighted by atomic mass is 9.78. The zero-order valence-electron chi connectivity index (χ0n) is 15.6. The van der Waals surface area contributed by atoms with Crippen LogP contribution in [-0.4, -0.2) is 13.2 Å². The molecule has 1 aromatic rings. The number of ether oxygens (including phenoxy) is 2. The Balaban J connectivity index is 1.43. The molecule has 1 aromatic carbocycles. The maximum absolute atomic E-state index is 13.8. The van der Waals surface area contributed by atoms with Gasteiger partial charge in [0.05, 0.1) is 13.2 Å². The molecule has 0 unspecified atom stereocenters. The number of halogens is 2. The number of nitrogens with zero attached hydrogens (tertiary/aromatic N) is 1. The summed E-state index contributed by atoms with van der Waals surface area (Å²) < 4.78 is 38.9. The van der Waals surface area contributed by atoms with Crippen LogP contribution in [0.5, 0.6) is 0 Å². The first kappa shape index (κ1) is 20.0. The number of hydrogen-bond donors (Lipinski definition) is 0. The van der Waals surface area contributed by atoms with Gasteiger partial charge in [0.1, 0.15) is 23.3 Å². The minimum Gasteiger partial charge on any atom is -0.348 e. The maximum atomic E-state index is 13.8. The van der Waals surface area contributed by atoms with Crippen LogP contribution < -0.4 is 0 Å². The van der Waals surface area contributed by atoms with E-state index in [1.807, 2.05) is 6.08 Å². The lowest BCUT2D eigenvalue weighted by Crippen LogP contribution is -2.28. The van der Waals surface area contributed by atoms with Crippen LogP contribution in [0.15, 0.2) is 24.8 Å².